The summed E-state index contributed by atoms with van der Waals surface area (Å²) in [7, 11) is -2.09. The van der Waals surface area contributed by atoms with Gasteiger partial charge in [-0.2, -0.15) is 0 Å². The third kappa shape index (κ3) is 6.44. The first kappa shape index (κ1) is 29.9. The van der Waals surface area contributed by atoms with Crippen molar-refractivity contribution < 1.29 is 14.1 Å². The molecule has 3 aromatic heterocycles. The zero-order chi connectivity index (χ0) is 29.5. The van der Waals surface area contributed by atoms with Crippen molar-refractivity contribution in [2.24, 2.45) is 17.8 Å². The highest BCUT2D eigenvalue weighted by Gasteiger charge is 2.38. The minimum absolute atomic E-state index is 0.0231. The molecule has 3 heterocycles. The first-order chi connectivity index (χ1) is 19.3. The van der Waals surface area contributed by atoms with Crippen LogP contribution in [0, 0.1) is 17.8 Å². The highest BCUT2D eigenvalue weighted by Crippen LogP contribution is 2.38. The molecule has 0 aliphatic heterocycles. The number of aliphatic hydroxyl groups is 1. The third-order valence-electron chi connectivity index (χ3n) is 9.79. The Bertz CT molecular complexity index is 1400. The average Bonchev–Trinajstić information content (AvgIpc) is 3.46. The molecule has 41 heavy (non-hydrogen) atoms. The van der Waals surface area contributed by atoms with Gasteiger partial charge in [0.15, 0.2) is 19.8 Å². The van der Waals surface area contributed by atoms with E-state index in [0.717, 1.165) is 30.8 Å². The normalized spacial score (nSPS) is 22.0. The Labute approximate surface area is 243 Å². The highest BCUT2D eigenvalue weighted by molar-refractivity contribution is 6.74. The molecule has 1 unspecified atom stereocenters. The van der Waals surface area contributed by atoms with E-state index >= 15 is 0 Å². The predicted octanol–water partition coefficient (Wildman–Crippen LogP) is 5.65. The van der Waals surface area contributed by atoms with Crippen LogP contribution in [0.4, 0.5) is 5.82 Å². The molecule has 11 nitrogen and oxygen atoms in total. The van der Waals surface area contributed by atoms with E-state index in [9.17, 15) is 9.90 Å². The fourth-order valence-corrected chi connectivity index (χ4v) is 6.65. The van der Waals surface area contributed by atoms with E-state index in [1.807, 2.05) is 0 Å². The topological polar surface area (TPSA) is 144 Å². The molecule has 0 spiro atoms. The Balaban J connectivity index is 1.58. The molecule has 0 radical (unpaired) electrons. The number of anilines is 1. The van der Waals surface area contributed by atoms with E-state index in [1.54, 1.807) is 0 Å². The second kappa shape index (κ2) is 11.6. The molecular weight excluding hydrogens is 538 g/mol. The van der Waals surface area contributed by atoms with Gasteiger partial charge in [-0.15, -0.1) is 0 Å². The smallest absolute Gasteiger partial charge is 0.414 e. The maximum atomic E-state index is 11.7. The van der Waals surface area contributed by atoms with Gasteiger partial charge in [0.25, 0.3) is 0 Å². The molecule has 2 fully saturated rings. The second-order valence-corrected chi connectivity index (χ2v) is 18.7. The summed E-state index contributed by atoms with van der Waals surface area (Å²) in [4.78, 5) is 28.7. The standard InChI is InChI=1S/C29H47N7O4Si/c1-17-11-13-19(14-12-17)15-36-22-23(30-18(2)20-9-8-10-20)31-25(26-34-28(38)40-35-26)32-24(22)33-27(36)21(37)16-39-41(6,7)29(3,4)5/h17-21,37H,8-16H2,1-7H3,(H,30,31,32)(H,34,35,38)/t17-,18-,19-,21?/m1/s1. The van der Waals surface area contributed by atoms with Gasteiger partial charge in [0.2, 0.25) is 11.6 Å². The number of hydrogen-bond acceptors (Lipinski definition) is 9. The summed E-state index contributed by atoms with van der Waals surface area (Å²) in [5, 5.41) is 19.1. The first-order valence-corrected chi connectivity index (χ1v) is 18.2. The van der Waals surface area contributed by atoms with E-state index in [-0.39, 0.29) is 29.3 Å². The lowest BCUT2D eigenvalue weighted by molar-refractivity contribution is 0.0893. The molecule has 0 amide bonds. The monoisotopic (exact) mass is 585 g/mol. The van der Waals surface area contributed by atoms with Crippen LogP contribution in [0.15, 0.2) is 9.32 Å². The van der Waals surface area contributed by atoms with Gasteiger partial charge in [-0.05, 0) is 68.5 Å². The van der Waals surface area contributed by atoms with Crippen molar-refractivity contribution >= 4 is 25.3 Å². The number of aromatic amines is 1. The van der Waals surface area contributed by atoms with Crippen molar-refractivity contribution in [3.63, 3.8) is 0 Å². The van der Waals surface area contributed by atoms with Gasteiger partial charge in [-0.25, -0.2) is 19.7 Å². The number of aliphatic hydroxyl groups excluding tert-OH is 1. The Morgan fingerprint density at radius 1 is 1.15 bits per heavy atom. The number of nitrogens with zero attached hydrogens (tertiary/aromatic N) is 5. The number of nitrogens with one attached hydrogen (secondary N) is 2. The van der Waals surface area contributed by atoms with Crippen molar-refractivity contribution in [2.75, 3.05) is 11.9 Å². The fraction of sp³-hybridized carbons (Fsp3) is 0.759. The van der Waals surface area contributed by atoms with Gasteiger partial charge in [-0.3, -0.25) is 9.51 Å². The van der Waals surface area contributed by atoms with E-state index in [2.05, 4.69) is 67.7 Å². The van der Waals surface area contributed by atoms with Crippen LogP contribution < -0.4 is 11.1 Å². The Hall–Kier alpha value is -2.57. The van der Waals surface area contributed by atoms with Gasteiger partial charge in [0.05, 0.1) is 6.61 Å². The minimum atomic E-state index is -2.09. The maximum absolute atomic E-state index is 11.7. The number of fused-ring (bicyclic) bond motifs is 1. The van der Waals surface area contributed by atoms with Gasteiger partial charge < -0.3 is 19.4 Å². The van der Waals surface area contributed by atoms with Crippen LogP contribution in [0.3, 0.4) is 0 Å². The zero-order valence-electron chi connectivity index (χ0n) is 25.7. The number of H-pyrrole nitrogens is 1. The SMILES string of the molecule is C[C@@H](Nc1nc(-c2noc(=O)[nH]2)nc2nc(C(O)CO[Si](C)(C)C(C)(C)C)n(C[C@H]3CC[C@H](C)CC3)c12)C1CCC1. The van der Waals surface area contributed by atoms with E-state index in [0.29, 0.717) is 29.1 Å². The molecule has 3 N–H and O–H groups in total. The van der Waals surface area contributed by atoms with Crippen LogP contribution in [0.2, 0.25) is 18.1 Å². The lowest BCUT2D eigenvalue weighted by atomic mass is 9.80. The summed E-state index contributed by atoms with van der Waals surface area (Å²) in [5.41, 5.74) is 1.22. The van der Waals surface area contributed by atoms with Crippen molar-refractivity contribution in [3.05, 3.63) is 16.4 Å². The summed E-state index contributed by atoms with van der Waals surface area (Å²) in [6, 6.07) is 0.195. The lowest BCUT2D eigenvalue weighted by Crippen LogP contribution is -2.41. The average molecular weight is 586 g/mol. The molecule has 0 aromatic carbocycles. The molecule has 2 aliphatic rings. The number of aromatic nitrogens is 6. The van der Waals surface area contributed by atoms with Crippen LogP contribution in [0.1, 0.15) is 91.5 Å². The molecule has 226 valence electrons. The van der Waals surface area contributed by atoms with Crippen LogP contribution >= 0.6 is 0 Å². The number of hydrogen-bond donors (Lipinski definition) is 3. The largest absolute Gasteiger partial charge is 0.439 e. The summed E-state index contributed by atoms with van der Waals surface area (Å²) < 4.78 is 13.3. The molecule has 2 atom stereocenters. The molecule has 2 aliphatic carbocycles. The fourth-order valence-electron chi connectivity index (χ4n) is 5.65. The minimum Gasteiger partial charge on any atom is -0.414 e. The quantitative estimate of drug-likeness (QED) is 0.257. The molecular formula is C29H47N7O4Si. The van der Waals surface area contributed by atoms with Crippen LogP contribution in [-0.2, 0) is 11.0 Å². The number of rotatable bonds is 10. The Morgan fingerprint density at radius 3 is 2.44 bits per heavy atom. The highest BCUT2D eigenvalue weighted by atomic mass is 28.4. The van der Waals surface area contributed by atoms with Crippen molar-refractivity contribution in [1.82, 2.24) is 29.7 Å². The first-order valence-electron chi connectivity index (χ1n) is 15.3. The third-order valence-corrected chi connectivity index (χ3v) is 14.3. The zero-order valence-corrected chi connectivity index (χ0v) is 26.7. The van der Waals surface area contributed by atoms with Crippen molar-refractivity contribution in [2.45, 2.75) is 116 Å². The van der Waals surface area contributed by atoms with Crippen molar-refractivity contribution in [1.29, 1.82) is 0 Å². The second-order valence-electron chi connectivity index (χ2n) is 13.9. The van der Waals surface area contributed by atoms with Crippen molar-refractivity contribution in [3.8, 4) is 11.6 Å². The summed E-state index contributed by atoms with van der Waals surface area (Å²) in [6.45, 7) is 16.3. The Morgan fingerprint density at radius 2 is 1.85 bits per heavy atom. The van der Waals surface area contributed by atoms with E-state index in [4.69, 9.17) is 23.9 Å². The molecule has 0 bridgehead atoms. The van der Waals surface area contributed by atoms with Crippen LogP contribution in [0.25, 0.3) is 22.8 Å². The summed E-state index contributed by atoms with van der Waals surface area (Å²) in [6.07, 6.45) is 7.35. The summed E-state index contributed by atoms with van der Waals surface area (Å²) in [5.74, 6) is 2.65. The van der Waals surface area contributed by atoms with Gasteiger partial charge >= 0.3 is 5.76 Å². The molecule has 12 heteroatoms. The molecule has 5 rings (SSSR count). The van der Waals surface area contributed by atoms with Gasteiger partial charge in [0, 0.05) is 12.6 Å². The Kier molecular flexibility index (Phi) is 8.46. The maximum Gasteiger partial charge on any atom is 0.439 e. The predicted molar refractivity (Wildman–Crippen MR) is 161 cm³/mol. The van der Waals surface area contributed by atoms with E-state index < -0.39 is 20.2 Å². The molecule has 0 saturated heterocycles. The number of imidazole rings is 1. The lowest BCUT2D eigenvalue weighted by Gasteiger charge is -2.36. The van der Waals surface area contributed by atoms with E-state index in [1.165, 1.54) is 32.1 Å². The summed E-state index contributed by atoms with van der Waals surface area (Å²) >= 11 is 0. The van der Waals surface area contributed by atoms with Crippen LogP contribution in [0.5, 0.6) is 0 Å². The van der Waals surface area contributed by atoms with Gasteiger partial charge in [0.1, 0.15) is 17.4 Å². The molecule has 3 aromatic rings. The van der Waals surface area contributed by atoms with Crippen LogP contribution in [-0.4, -0.2) is 55.7 Å². The molecule has 2 saturated carbocycles. The van der Waals surface area contributed by atoms with Gasteiger partial charge in [-0.1, -0.05) is 52.1 Å².